The van der Waals surface area contributed by atoms with Crippen molar-refractivity contribution in [1.82, 2.24) is 5.32 Å². The van der Waals surface area contributed by atoms with Crippen molar-refractivity contribution < 1.29 is 19.7 Å². The van der Waals surface area contributed by atoms with Gasteiger partial charge in [0, 0.05) is 32.2 Å². The van der Waals surface area contributed by atoms with Crippen LogP contribution in [0.2, 0.25) is 0 Å². The predicted molar refractivity (Wildman–Crippen MR) is 54.7 cm³/mol. The zero-order chi connectivity index (χ0) is 11.1. The van der Waals surface area contributed by atoms with Gasteiger partial charge in [-0.25, -0.2) is 0 Å². The number of hydrogen-bond donors (Lipinski definition) is 3. The van der Waals surface area contributed by atoms with E-state index in [-0.39, 0.29) is 6.42 Å². The molecule has 0 spiro atoms. The van der Waals surface area contributed by atoms with Crippen LogP contribution < -0.4 is 5.32 Å². The predicted octanol–water partition coefficient (Wildman–Crippen LogP) is -0.0193. The molecule has 5 nitrogen and oxygen atoms in total. The van der Waals surface area contributed by atoms with Gasteiger partial charge in [0.2, 0.25) is 0 Å². The topological polar surface area (TPSA) is 78.8 Å². The summed E-state index contributed by atoms with van der Waals surface area (Å²) in [6.45, 7) is 2.00. The van der Waals surface area contributed by atoms with Gasteiger partial charge in [0.05, 0.1) is 6.10 Å². The third-order valence-corrected chi connectivity index (χ3v) is 2.55. The van der Waals surface area contributed by atoms with Gasteiger partial charge in [-0.05, 0) is 19.3 Å². The van der Waals surface area contributed by atoms with Crippen LogP contribution in [-0.4, -0.2) is 48.1 Å². The Morgan fingerprint density at radius 2 is 2.13 bits per heavy atom. The van der Waals surface area contributed by atoms with E-state index in [0.29, 0.717) is 19.0 Å². The van der Waals surface area contributed by atoms with Crippen molar-refractivity contribution in [3.63, 3.8) is 0 Å². The molecule has 0 bridgehead atoms. The average molecular weight is 217 g/mol. The zero-order valence-corrected chi connectivity index (χ0v) is 8.82. The Morgan fingerprint density at radius 1 is 1.47 bits per heavy atom. The van der Waals surface area contributed by atoms with Crippen LogP contribution in [0.4, 0.5) is 0 Å². The van der Waals surface area contributed by atoms with E-state index in [9.17, 15) is 9.90 Å². The van der Waals surface area contributed by atoms with E-state index < -0.39 is 12.1 Å². The zero-order valence-electron chi connectivity index (χ0n) is 8.82. The van der Waals surface area contributed by atoms with E-state index >= 15 is 0 Å². The molecular weight excluding hydrogens is 198 g/mol. The van der Waals surface area contributed by atoms with Crippen molar-refractivity contribution in [2.75, 3.05) is 19.8 Å². The minimum atomic E-state index is -0.861. The number of carbonyl (C=O) groups is 1. The van der Waals surface area contributed by atoms with Crippen LogP contribution in [0.15, 0.2) is 0 Å². The summed E-state index contributed by atoms with van der Waals surface area (Å²) in [5.41, 5.74) is 0. The molecule has 0 radical (unpaired) electrons. The summed E-state index contributed by atoms with van der Waals surface area (Å²) < 4.78 is 5.21. The third kappa shape index (κ3) is 5.71. The number of aliphatic hydroxyl groups is 1. The molecule has 88 valence electrons. The summed E-state index contributed by atoms with van der Waals surface area (Å²) in [5, 5.41) is 21.1. The summed E-state index contributed by atoms with van der Waals surface area (Å²) >= 11 is 0. The fourth-order valence-electron chi connectivity index (χ4n) is 1.60. The molecule has 0 amide bonds. The lowest BCUT2D eigenvalue weighted by atomic mass is 10.1. The van der Waals surface area contributed by atoms with Gasteiger partial charge in [0.25, 0.3) is 0 Å². The van der Waals surface area contributed by atoms with E-state index in [0.717, 1.165) is 26.1 Å². The Balaban J connectivity index is 2.04. The summed E-state index contributed by atoms with van der Waals surface area (Å²) in [4.78, 5) is 10.3. The molecular formula is C10H19NO4. The van der Waals surface area contributed by atoms with E-state index in [4.69, 9.17) is 9.84 Å². The van der Waals surface area contributed by atoms with Crippen molar-refractivity contribution >= 4 is 5.97 Å². The number of hydrogen-bond acceptors (Lipinski definition) is 4. The first-order chi connectivity index (χ1) is 7.18. The number of aliphatic hydroxyl groups excluding tert-OH is 1. The summed E-state index contributed by atoms with van der Waals surface area (Å²) in [5.74, 6) is -0.861. The number of ether oxygens (including phenoxy) is 1. The summed E-state index contributed by atoms with van der Waals surface area (Å²) in [6.07, 6.45) is 1.70. The molecule has 15 heavy (non-hydrogen) atoms. The lowest BCUT2D eigenvalue weighted by Crippen LogP contribution is -2.39. The highest BCUT2D eigenvalue weighted by Gasteiger charge is 2.14. The molecule has 0 saturated carbocycles. The molecule has 0 aliphatic carbocycles. The molecule has 1 atom stereocenters. The molecule has 1 rings (SSSR count). The summed E-state index contributed by atoms with van der Waals surface area (Å²) in [6, 6.07) is 0.401. The van der Waals surface area contributed by atoms with E-state index in [2.05, 4.69) is 5.32 Å². The lowest BCUT2D eigenvalue weighted by Gasteiger charge is -2.24. The van der Waals surface area contributed by atoms with Gasteiger partial charge < -0.3 is 20.3 Å². The number of nitrogens with one attached hydrogen (secondary N) is 1. The highest BCUT2D eigenvalue weighted by atomic mass is 16.5. The molecule has 1 saturated heterocycles. The van der Waals surface area contributed by atoms with E-state index in [1.807, 2.05) is 0 Å². The molecule has 0 aromatic rings. The Morgan fingerprint density at radius 3 is 2.73 bits per heavy atom. The molecule has 1 unspecified atom stereocenters. The van der Waals surface area contributed by atoms with Gasteiger partial charge in [-0.1, -0.05) is 0 Å². The van der Waals surface area contributed by atoms with Crippen LogP contribution in [-0.2, 0) is 9.53 Å². The van der Waals surface area contributed by atoms with Gasteiger partial charge in [0.15, 0.2) is 0 Å². The molecule has 1 heterocycles. The highest BCUT2D eigenvalue weighted by Crippen LogP contribution is 2.06. The normalized spacial score (nSPS) is 20.1. The van der Waals surface area contributed by atoms with Crippen LogP contribution in [0.1, 0.15) is 25.7 Å². The number of carboxylic acids is 1. The number of aliphatic carboxylic acids is 1. The van der Waals surface area contributed by atoms with Crippen LogP contribution in [0.25, 0.3) is 0 Å². The van der Waals surface area contributed by atoms with Crippen LogP contribution >= 0.6 is 0 Å². The van der Waals surface area contributed by atoms with Crippen LogP contribution in [0, 0.1) is 0 Å². The highest BCUT2D eigenvalue weighted by molar-refractivity contribution is 5.66. The van der Waals surface area contributed by atoms with E-state index in [1.165, 1.54) is 0 Å². The maximum Gasteiger partial charge on any atom is 0.303 e. The monoisotopic (exact) mass is 217 g/mol. The molecule has 0 aromatic carbocycles. The SMILES string of the molecule is O=C(O)CCC(O)CNC1CCOCC1. The van der Waals surface area contributed by atoms with Crippen LogP contribution in [0.3, 0.4) is 0 Å². The number of rotatable bonds is 6. The first-order valence-electron chi connectivity index (χ1n) is 5.39. The molecule has 1 fully saturated rings. The van der Waals surface area contributed by atoms with Gasteiger partial charge >= 0.3 is 5.97 Å². The van der Waals surface area contributed by atoms with Crippen molar-refractivity contribution in [2.45, 2.75) is 37.8 Å². The summed E-state index contributed by atoms with van der Waals surface area (Å²) in [7, 11) is 0. The van der Waals surface area contributed by atoms with Crippen molar-refractivity contribution in [3.05, 3.63) is 0 Å². The largest absolute Gasteiger partial charge is 0.481 e. The maximum atomic E-state index is 10.3. The van der Waals surface area contributed by atoms with Crippen molar-refractivity contribution in [3.8, 4) is 0 Å². The fourth-order valence-corrected chi connectivity index (χ4v) is 1.60. The Hall–Kier alpha value is -0.650. The Kier molecular flexibility index (Phi) is 5.60. The van der Waals surface area contributed by atoms with Crippen molar-refractivity contribution in [2.24, 2.45) is 0 Å². The lowest BCUT2D eigenvalue weighted by molar-refractivity contribution is -0.137. The molecule has 3 N–H and O–H groups in total. The van der Waals surface area contributed by atoms with Crippen molar-refractivity contribution in [1.29, 1.82) is 0 Å². The minimum absolute atomic E-state index is 0.0244. The first kappa shape index (κ1) is 12.4. The number of carboxylic acid groups (broad SMARTS) is 1. The Bertz CT molecular complexity index is 192. The maximum absolute atomic E-state index is 10.3. The van der Waals surface area contributed by atoms with Gasteiger partial charge in [-0.3, -0.25) is 4.79 Å². The first-order valence-corrected chi connectivity index (χ1v) is 5.39. The standard InChI is InChI=1S/C10H19NO4/c12-9(1-2-10(13)14)7-11-8-3-5-15-6-4-8/h8-9,11-12H,1-7H2,(H,13,14). The van der Waals surface area contributed by atoms with Gasteiger partial charge in [-0.2, -0.15) is 0 Å². The van der Waals surface area contributed by atoms with Gasteiger partial charge in [-0.15, -0.1) is 0 Å². The second kappa shape index (κ2) is 6.76. The molecule has 5 heteroatoms. The minimum Gasteiger partial charge on any atom is -0.481 e. The molecule has 1 aliphatic rings. The van der Waals surface area contributed by atoms with Crippen LogP contribution in [0.5, 0.6) is 0 Å². The third-order valence-electron chi connectivity index (χ3n) is 2.55. The van der Waals surface area contributed by atoms with Gasteiger partial charge in [0.1, 0.15) is 0 Å². The fraction of sp³-hybridized carbons (Fsp3) is 0.900. The van der Waals surface area contributed by atoms with E-state index in [1.54, 1.807) is 0 Å². The molecule has 0 aromatic heterocycles. The second-order valence-corrected chi connectivity index (χ2v) is 3.88. The average Bonchev–Trinajstić information content (AvgIpc) is 2.25. The Labute approximate surface area is 89.4 Å². The quantitative estimate of drug-likeness (QED) is 0.583. The molecule has 1 aliphatic heterocycles. The smallest absolute Gasteiger partial charge is 0.303 e. The second-order valence-electron chi connectivity index (χ2n) is 3.88.